The van der Waals surface area contributed by atoms with Crippen LogP contribution >= 0.6 is 0 Å². The summed E-state index contributed by atoms with van der Waals surface area (Å²) in [6.45, 7) is 4.03. The first-order valence-electron chi connectivity index (χ1n) is 6.92. The molecule has 1 heterocycles. The number of benzene rings is 1. The van der Waals surface area contributed by atoms with E-state index in [1.165, 1.54) is 31.5 Å². The van der Waals surface area contributed by atoms with Crippen LogP contribution in [0.4, 0.5) is 0 Å². The van der Waals surface area contributed by atoms with Crippen LogP contribution in [0.2, 0.25) is 0 Å². The zero-order valence-electron chi connectivity index (χ0n) is 11.9. The van der Waals surface area contributed by atoms with Gasteiger partial charge in [0.25, 0.3) is 0 Å². The van der Waals surface area contributed by atoms with Crippen LogP contribution < -0.4 is 15.2 Å². The zero-order chi connectivity index (χ0) is 13.7. The molecule has 1 aromatic rings. The summed E-state index contributed by atoms with van der Waals surface area (Å²) in [4.78, 5) is 2.49. The number of hydrogen-bond donors (Lipinski definition) is 1. The van der Waals surface area contributed by atoms with Crippen LogP contribution in [-0.4, -0.2) is 45.3 Å². The van der Waals surface area contributed by atoms with Crippen molar-refractivity contribution in [3.05, 3.63) is 23.8 Å². The lowest BCUT2D eigenvalue weighted by molar-refractivity contribution is 0.310. The fourth-order valence-electron chi connectivity index (χ4n) is 2.73. The Labute approximate surface area is 115 Å². The van der Waals surface area contributed by atoms with Gasteiger partial charge in [-0.05, 0) is 32.0 Å². The molecule has 1 atom stereocenters. The van der Waals surface area contributed by atoms with Gasteiger partial charge >= 0.3 is 0 Å². The molecule has 106 valence electrons. The maximum atomic E-state index is 5.96. The maximum absolute atomic E-state index is 5.96. The Morgan fingerprint density at radius 3 is 2.53 bits per heavy atom. The van der Waals surface area contributed by atoms with E-state index in [1.54, 1.807) is 14.2 Å². The molecule has 4 heteroatoms. The number of ether oxygens (including phenoxy) is 2. The lowest BCUT2D eigenvalue weighted by atomic mass is 9.97. The molecule has 0 amide bonds. The predicted molar refractivity (Wildman–Crippen MR) is 77.0 cm³/mol. The number of hydrogen-bond acceptors (Lipinski definition) is 4. The molecular weight excluding hydrogens is 240 g/mol. The largest absolute Gasteiger partial charge is 0.497 e. The molecule has 4 nitrogen and oxygen atoms in total. The van der Waals surface area contributed by atoms with E-state index in [1.807, 2.05) is 12.1 Å². The summed E-state index contributed by atoms with van der Waals surface area (Å²) < 4.78 is 10.7. The van der Waals surface area contributed by atoms with E-state index in [4.69, 9.17) is 15.2 Å². The monoisotopic (exact) mass is 264 g/mol. The van der Waals surface area contributed by atoms with Gasteiger partial charge in [0, 0.05) is 30.6 Å². The van der Waals surface area contributed by atoms with Crippen LogP contribution in [-0.2, 0) is 0 Å². The van der Waals surface area contributed by atoms with Crippen molar-refractivity contribution in [1.82, 2.24) is 4.90 Å². The Balaban J connectivity index is 2.16. The molecule has 2 rings (SSSR count). The second-order valence-electron chi connectivity index (χ2n) is 5.05. The predicted octanol–water partition coefficient (Wildman–Crippen LogP) is 1.84. The molecule has 1 fully saturated rings. The van der Waals surface area contributed by atoms with E-state index in [2.05, 4.69) is 11.0 Å². The van der Waals surface area contributed by atoms with Crippen molar-refractivity contribution in [3.63, 3.8) is 0 Å². The molecule has 0 radical (unpaired) electrons. The minimum absolute atomic E-state index is 0.318. The third-order valence-electron chi connectivity index (χ3n) is 3.84. The lowest BCUT2D eigenvalue weighted by Crippen LogP contribution is -2.29. The third-order valence-corrected chi connectivity index (χ3v) is 3.84. The van der Waals surface area contributed by atoms with Gasteiger partial charge in [-0.3, -0.25) is 0 Å². The number of nitrogens with two attached hydrogens (primary N) is 1. The van der Waals surface area contributed by atoms with Crippen LogP contribution in [0.1, 0.15) is 24.3 Å². The average Bonchev–Trinajstić information content (AvgIpc) is 2.97. The number of methoxy groups -OCH3 is 2. The third kappa shape index (κ3) is 3.39. The average molecular weight is 264 g/mol. The summed E-state index contributed by atoms with van der Waals surface area (Å²) in [7, 11) is 3.36. The molecule has 1 aromatic carbocycles. The summed E-state index contributed by atoms with van der Waals surface area (Å²) >= 11 is 0. The van der Waals surface area contributed by atoms with Crippen molar-refractivity contribution in [2.24, 2.45) is 5.73 Å². The molecule has 0 bridgehead atoms. The van der Waals surface area contributed by atoms with Gasteiger partial charge in [0.15, 0.2) is 0 Å². The minimum Gasteiger partial charge on any atom is -0.497 e. The van der Waals surface area contributed by atoms with Gasteiger partial charge in [-0.2, -0.15) is 0 Å². The summed E-state index contributed by atoms with van der Waals surface area (Å²) in [6, 6.07) is 5.98. The van der Waals surface area contributed by atoms with Crippen molar-refractivity contribution in [1.29, 1.82) is 0 Å². The van der Waals surface area contributed by atoms with Crippen LogP contribution in [0.25, 0.3) is 0 Å². The molecule has 0 aliphatic carbocycles. The molecule has 1 saturated heterocycles. The minimum atomic E-state index is 0.318. The smallest absolute Gasteiger partial charge is 0.126 e. The first kappa shape index (κ1) is 14.2. The molecule has 0 aromatic heterocycles. The van der Waals surface area contributed by atoms with Crippen molar-refractivity contribution in [2.45, 2.75) is 18.8 Å². The number of nitrogens with zero attached hydrogens (tertiary/aromatic N) is 1. The standard InChI is InChI=1S/C15H24N2O2/c1-18-13-5-6-14(15(9-13)19-2)12(10-16)11-17-7-3-4-8-17/h5-6,9,12H,3-4,7-8,10-11,16H2,1-2H3. The van der Waals surface area contributed by atoms with Crippen molar-refractivity contribution in [2.75, 3.05) is 40.4 Å². The SMILES string of the molecule is COc1ccc(C(CN)CN2CCCC2)c(OC)c1. The van der Waals surface area contributed by atoms with Gasteiger partial charge in [-0.25, -0.2) is 0 Å². The fourth-order valence-corrected chi connectivity index (χ4v) is 2.73. The first-order chi connectivity index (χ1) is 9.28. The Kier molecular flexibility index (Phi) is 5.05. The first-order valence-corrected chi connectivity index (χ1v) is 6.92. The normalized spacial score (nSPS) is 17.4. The highest BCUT2D eigenvalue weighted by Crippen LogP contribution is 2.31. The number of rotatable bonds is 6. The van der Waals surface area contributed by atoms with Gasteiger partial charge < -0.3 is 20.1 Å². The van der Waals surface area contributed by atoms with Crippen molar-refractivity contribution in [3.8, 4) is 11.5 Å². The van der Waals surface area contributed by atoms with Crippen molar-refractivity contribution < 1.29 is 9.47 Å². The summed E-state index contributed by atoms with van der Waals surface area (Å²) in [5.74, 6) is 2.01. The Morgan fingerprint density at radius 2 is 1.95 bits per heavy atom. The highest BCUT2D eigenvalue weighted by atomic mass is 16.5. The zero-order valence-corrected chi connectivity index (χ0v) is 11.9. The van der Waals surface area contributed by atoms with Crippen LogP contribution in [0, 0.1) is 0 Å². The van der Waals surface area contributed by atoms with E-state index in [0.717, 1.165) is 18.0 Å². The fraction of sp³-hybridized carbons (Fsp3) is 0.600. The molecule has 1 aliphatic heterocycles. The molecule has 1 aliphatic rings. The van der Waals surface area contributed by atoms with Gasteiger partial charge in [0.1, 0.15) is 11.5 Å². The topological polar surface area (TPSA) is 47.7 Å². The van der Waals surface area contributed by atoms with Crippen LogP contribution in [0.3, 0.4) is 0 Å². The van der Waals surface area contributed by atoms with E-state index in [-0.39, 0.29) is 0 Å². The van der Waals surface area contributed by atoms with Gasteiger partial charge in [-0.15, -0.1) is 0 Å². The summed E-state index contributed by atoms with van der Waals surface area (Å²) in [5, 5.41) is 0. The molecule has 1 unspecified atom stereocenters. The van der Waals surface area contributed by atoms with E-state index >= 15 is 0 Å². The van der Waals surface area contributed by atoms with E-state index < -0.39 is 0 Å². The van der Waals surface area contributed by atoms with Crippen molar-refractivity contribution >= 4 is 0 Å². The Hall–Kier alpha value is -1.26. The maximum Gasteiger partial charge on any atom is 0.126 e. The van der Waals surface area contributed by atoms with Crippen LogP contribution in [0.5, 0.6) is 11.5 Å². The van der Waals surface area contributed by atoms with Gasteiger partial charge in [0.05, 0.1) is 14.2 Å². The molecule has 19 heavy (non-hydrogen) atoms. The number of likely N-dealkylation sites (tertiary alicyclic amines) is 1. The molecule has 0 spiro atoms. The molecular formula is C15H24N2O2. The quantitative estimate of drug-likeness (QED) is 0.851. The second kappa shape index (κ2) is 6.78. The van der Waals surface area contributed by atoms with Crippen LogP contribution in [0.15, 0.2) is 18.2 Å². The summed E-state index contributed by atoms with van der Waals surface area (Å²) in [5.41, 5.74) is 7.14. The second-order valence-corrected chi connectivity index (χ2v) is 5.05. The summed E-state index contributed by atoms with van der Waals surface area (Å²) in [6.07, 6.45) is 2.61. The molecule has 2 N–H and O–H groups in total. The van der Waals surface area contributed by atoms with Gasteiger partial charge in [-0.1, -0.05) is 6.07 Å². The lowest BCUT2D eigenvalue weighted by Gasteiger charge is -2.24. The van der Waals surface area contributed by atoms with E-state index in [9.17, 15) is 0 Å². The molecule has 0 saturated carbocycles. The highest BCUT2D eigenvalue weighted by Gasteiger charge is 2.20. The van der Waals surface area contributed by atoms with E-state index in [0.29, 0.717) is 12.5 Å². The van der Waals surface area contributed by atoms with Gasteiger partial charge in [0.2, 0.25) is 0 Å². The Morgan fingerprint density at radius 1 is 1.21 bits per heavy atom. The highest BCUT2D eigenvalue weighted by molar-refractivity contribution is 5.43. The Bertz CT molecular complexity index is 403.